The number of carbonyl (C=O) groups excluding carboxylic acids is 1. The van der Waals surface area contributed by atoms with Gasteiger partial charge in [-0.05, 0) is 57.0 Å². The van der Waals surface area contributed by atoms with Crippen molar-refractivity contribution in [1.29, 1.82) is 0 Å². The Kier molecular flexibility index (Phi) is 5.33. The number of anilines is 2. The van der Waals surface area contributed by atoms with E-state index in [1.165, 1.54) is 6.07 Å². The molecular formula is C22H24F3N3O3. The zero-order valence-corrected chi connectivity index (χ0v) is 17.4. The van der Waals surface area contributed by atoms with Gasteiger partial charge in [0.15, 0.2) is 0 Å². The van der Waals surface area contributed by atoms with E-state index in [0.29, 0.717) is 17.9 Å². The molecule has 1 N–H and O–H groups in total. The van der Waals surface area contributed by atoms with Gasteiger partial charge in [-0.3, -0.25) is 9.88 Å². The van der Waals surface area contributed by atoms with Crippen LogP contribution < -0.4 is 5.32 Å². The molecule has 1 amide bonds. The first-order chi connectivity index (χ1) is 14.5. The summed E-state index contributed by atoms with van der Waals surface area (Å²) in [7, 11) is 0. The van der Waals surface area contributed by atoms with E-state index >= 15 is 0 Å². The van der Waals surface area contributed by atoms with Crippen molar-refractivity contribution in [3.8, 4) is 0 Å². The molecule has 1 aromatic carbocycles. The van der Waals surface area contributed by atoms with Gasteiger partial charge in [0, 0.05) is 17.6 Å². The largest absolute Gasteiger partial charge is 0.444 e. The van der Waals surface area contributed by atoms with Gasteiger partial charge in [-0.25, -0.2) is 4.79 Å². The Bertz CT molecular complexity index is 957. The quantitative estimate of drug-likeness (QED) is 0.710. The topological polar surface area (TPSA) is 63.7 Å². The minimum Gasteiger partial charge on any atom is -0.444 e. The van der Waals surface area contributed by atoms with Crippen LogP contribution >= 0.6 is 0 Å². The highest BCUT2D eigenvalue weighted by Gasteiger charge is 2.49. The Morgan fingerprint density at radius 3 is 2.48 bits per heavy atom. The maximum absolute atomic E-state index is 12.8. The number of rotatable bonds is 3. The number of ether oxygens (including phenoxy) is 2. The number of halogens is 3. The number of benzene rings is 1. The average Bonchev–Trinajstić information content (AvgIpc) is 3.28. The molecule has 0 radical (unpaired) electrons. The number of hydrogen-bond donors (Lipinski definition) is 1. The maximum atomic E-state index is 12.8. The van der Waals surface area contributed by atoms with E-state index in [1.54, 1.807) is 17.0 Å². The smallest absolute Gasteiger partial charge is 0.433 e. The SMILES string of the molecule is CC(C)(C)OC(=O)N1C[C@@H]2C[C@H]1[C@@H](c1ccc(Nc3ccnc(C(F)(F)F)c3)cc1)O2. The Hall–Kier alpha value is -2.81. The van der Waals surface area contributed by atoms with Crippen LogP contribution in [-0.4, -0.2) is 40.3 Å². The number of likely N-dealkylation sites (tertiary alicyclic amines) is 1. The molecule has 4 rings (SSSR count). The van der Waals surface area contributed by atoms with Crippen molar-refractivity contribution in [1.82, 2.24) is 9.88 Å². The number of carbonyl (C=O) groups is 1. The van der Waals surface area contributed by atoms with Crippen molar-refractivity contribution >= 4 is 17.5 Å². The first-order valence-electron chi connectivity index (χ1n) is 10.0. The molecule has 0 spiro atoms. The third kappa shape index (κ3) is 4.76. The number of pyridine rings is 1. The number of aromatic nitrogens is 1. The molecule has 0 aliphatic carbocycles. The second kappa shape index (κ2) is 7.71. The van der Waals surface area contributed by atoms with Crippen molar-refractivity contribution < 1.29 is 27.4 Å². The molecular weight excluding hydrogens is 411 g/mol. The van der Waals surface area contributed by atoms with Crippen molar-refractivity contribution in [3.05, 3.63) is 53.9 Å². The van der Waals surface area contributed by atoms with Gasteiger partial charge in [0.1, 0.15) is 17.4 Å². The summed E-state index contributed by atoms with van der Waals surface area (Å²) in [5.74, 6) is 0. The lowest BCUT2D eigenvalue weighted by atomic mass is 10.0. The predicted octanol–water partition coefficient (Wildman–Crippen LogP) is 5.29. The first kappa shape index (κ1) is 21.4. The van der Waals surface area contributed by atoms with Crippen LogP contribution in [-0.2, 0) is 15.7 Å². The standard InChI is InChI=1S/C22H24F3N3O3/c1-21(2,3)31-20(29)28-12-16-11-17(28)19(30-16)13-4-6-14(7-5-13)27-15-8-9-26-18(10-15)22(23,24)25/h4-10,16-17,19H,11-12H2,1-3H3,(H,26,27)/t16-,17-,19+/m0/s1. The highest BCUT2D eigenvalue weighted by atomic mass is 19.4. The van der Waals surface area contributed by atoms with E-state index in [2.05, 4.69) is 10.3 Å². The zero-order valence-electron chi connectivity index (χ0n) is 17.4. The summed E-state index contributed by atoms with van der Waals surface area (Å²) in [6.45, 7) is 6.01. The summed E-state index contributed by atoms with van der Waals surface area (Å²) in [6.07, 6.45) is -3.27. The van der Waals surface area contributed by atoms with E-state index in [0.717, 1.165) is 24.2 Å². The fourth-order valence-electron chi connectivity index (χ4n) is 3.93. The van der Waals surface area contributed by atoms with Crippen LogP contribution in [0.2, 0.25) is 0 Å². The Balaban J connectivity index is 1.45. The number of nitrogens with zero attached hydrogens (tertiary/aromatic N) is 2. The van der Waals surface area contributed by atoms with Crippen LogP contribution in [0, 0.1) is 0 Å². The minimum atomic E-state index is -4.50. The summed E-state index contributed by atoms with van der Waals surface area (Å²) >= 11 is 0. The van der Waals surface area contributed by atoms with Gasteiger partial charge >= 0.3 is 12.3 Å². The normalized spacial score (nSPS) is 23.2. The number of fused-ring (bicyclic) bond motifs is 2. The summed E-state index contributed by atoms with van der Waals surface area (Å²) in [6, 6.07) is 9.59. The Morgan fingerprint density at radius 2 is 1.87 bits per heavy atom. The molecule has 0 unspecified atom stereocenters. The van der Waals surface area contributed by atoms with E-state index in [4.69, 9.17) is 9.47 Å². The van der Waals surface area contributed by atoms with Crippen molar-refractivity contribution in [2.45, 2.75) is 57.2 Å². The molecule has 0 saturated carbocycles. The van der Waals surface area contributed by atoms with Gasteiger partial charge in [0.25, 0.3) is 0 Å². The van der Waals surface area contributed by atoms with Crippen LogP contribution in [0.3, 0.4) is 0 Å². The zero-order chi connectivity index (χ0) is 22.4. The highest BCUT2D eigenvalue weighted by Crippen LogP contribution is 2.43. The number of hydrogen-bond acceptors (Lipinski definition) is 5. The number of amides is 1. The molecule has 6 nitrogen and oxygen atoms in total. The first-order valence-corrected chi connectivity index (χ1v) is 10.0. The molecule has 2 bridgehead atoms. The van der Waals surface area contributed by atoms with E-state index in [1.807, 2.05) is 32.9 Å². The van der Waals surface area contributed by atoms with Gasteiger partial charge in [0.05, 0.1) is 18.7 Å². The second-order valence-corrected chi connectivity index (χ2v) is 8.79. The van der Waals surface area contributed by atoms with Gasteiger partial charge in [-0.15, -0.1) is 0 Å². The second-order valence-electron chi connectivity index (χ2n) is 8.79. The number of alkyl halides is 3. The van der Waals surface area contributed by atoms with Crippen LogP contribution in [0.4, 0.5) is 29.3 Å². The van der Waals surface area contributed by atoms with E-state index in [-0.39, 0.29) is 24.3 Å². The lowest BCUT2D eigenvalue weighted by molar-refractivity contribution is -0.141. The molecule has 3 atom stereocenters. The average molecular weight is 435 g/mol. The van der Waals surface area contributed by atoms with Gasteiger partial charge in [-0.2, -0.15) is 13.2 Å². The molecule has 1 aromatic heterocycles. The van der Waals surface area contributed by atoms with E-state index < -0.39 is 17.5 Å². The summed E-state index contributed by atoms with van der Waals surface area (Å²) in [4.78, 5) is 17.6. The molecule has 2 aliphatic heterocycles. The highest BCUT2D eigenvalue weighted by molar-refractivity contribution is 5.69. The van der Waals surface area contributed by atoms with E-state index in [9.17, 15) is 18.0 Å². The lowest BCUT2D eigenvalue weighted by Gasteiger charge is -2.34. The molecule has 166 valence electrons. The summed E-state index contributed by atoms with van der Waals surface area (Å²) in [5, 5.41) is 2.96. The molecule has 3 heterocycles. The molecule has 2 aromatic rings. The number of morpholine rings is 1. The lowest BCUT2D eigenvalue weighted by Crippen LogP contribution is -2.45. The summed E-state index contributed by atoms with van der Waals surface area (Å²) in [5.41, 5.74) is 0.308. The molecule has 9 heteroatoms. The van der Waals surface area contributed by atoms with Crippen LogP contribution in [0.1, 0.15) is 44.6 Å². The Labute approximate surface area is 178 Å². The van der Waals surface area contributed by atoms with Crippen LogP contribution in [0.15, 0.2) is 42.6 Å². The fourth-order valence-corrected chi connectivity index (χ4v) is 3.93. The van der Waals surface area contributed by atoms with Gasteiger partial charge < -0.3 is 14.8 Å². The fraction of sp³-hybridized carbons (Fsp3) is 0.455. The van der Waals surface area contributed by atoms with Crippen molar-refractivity contribution in [2.24, 2.45) is 0 Å². The summed E-state index contributed by atoms with van der Waals surface area (Å²) < 4.78 is 50.1. The monoisotopic (exact) mass is 435 g/mol. The number of nitrogens with one attached hydrogen (secondary N) is 1. The predicted molar refractivity (Wildman–Crippen MR) is 108 cm³/mol. The molecule has 2 fully saturated rings. The third-order valence-corrected chi connectivity index (χ3v) is 5.20. The molecule has 2 saturated heterocycles. The van der Waals surface area contributed by atoms with Crippen molar-refractivity contribution in [3.63, 3.8) is 0 Å². The third-order valence-electron chi connectivity index (χ3n) is 5.20. The minimum absolute atomic E-state index is 0.0297. The van der Waals surface area contributed by atoms with Gasteiger partial charge in [0.2, 0.25) is 0 Å². The molecule has 2 aliphatic rings. The van der Waals surface area contributed by atoms with Crippen molar-refractivity contribution in [2.75, 3.05) is 11.9 Å². The van der Waals surface area contributed by atoms with Crippen LogP contribution in [0.5, 0.6) is 0 Å². The van der Waals surface area contributed by atoms with Crippen LogP contribution in [0.25, 0.3) is 0 Å². The molecule has 31 heavy (non-hydrogen) atoms. The Morgan fingerprint density at radius 1 is 1.16 bits per heavy atom. The van der Waals surface area contributed by atoms with Gasteiger partial charge in [-0.1, -0.05) is 12.1 Å². The maximum Gasteiger partial charge on any atom is 0.433 e.